The normalized spacial score (nSPS) is 21.6. The van der Waals surface area contributed by atoms with E-state index in [0.29, 0.717) is 18.8 Å². The molecule has 2 aromatic rings. The van der Waals surface area contributed by atoms with E-state index in [4.69, 9.17) is 0 Å². The van der Waals surface area contributed by atoms with Crippen LogP contribution in [0.2, 0.25) is 0 Å². The molecule has 0 unspecified atom stereocenters. The first kappa shape index (κ1) is 26.4. The lowest BCUT2D eigenvalue weighted by molar-refractivity contribution is -0.139. The number of carbonyl (C=O) groups is 3. The van der Waals surface area contributed by atoms with Crippen LogP contribution in [-0.2, 0) is 20.8 Å². The lowest BCUT2D eigenvalue weighted by atomic mass is 9.83. The molecule has 2 N–H and O–H groups in total. The van der Waals surface area contributed by atoms with Crippen LogP contribution in [0.3, 0.4) is 0 Å². The minimum absolute atomic E-state index is 0.00816. The number of likely N-dealkylation sites (N-methyl/N-ethyl adjacent to an activating group) is 1. The molecule has 38 heavy (non-hydrogen) atoms. The van der Waals surface area contributed by atoms with E-state index >= 15 is 0 Å². The summed E-state index contributed by atoms with van der Waals surface area (Å²) in [4.78, 5) is 48.2. The Morgan fingerprint density at radius 1 is 1.03 bits per heavy atom. The summed E-state index contributed by atoms with van der Waals surface area (Å²) >= 11 is 0. The van der Waals surface area contributed by atoms with E-state index in [1.807, 2.05) is 42.2 Å². The van der Waals surface area contributed by atoms with Crippen molar-refractivity contribution in [1.29, 1.82) is 0 Å². The van der Waals surface area contributed by atoms with Crippen LogP contribution in [0.4, 0.5) is 11.5 Å². The van der Waals surface area contributed by atoms with E-state index in [1.165, 1.54) is 6.42 Å². The van der Waals surface area contributed by atoms with Gasteiger partial charge in [0, 0.05) is 19.2 Å². The lowest BCUT2D eigenvalue weighted by Gasteiger charge is -2.36. The minimum atomic E-state index is -0.518. The summed E-state index contributed by atoms with van der Waals surface area (Å²) in [5.41, 5.74) is 3.00. The molecule has 2 aliphatic heterocycles. The maximum absolute atomic E-state index is 14.1. The number of amides is 3. The van der Waals surface area contributed by atoms with Crippen molar-refractivity contribution in [3.8, 4) is 0 Å². The number of benzene rings is 1. The van der Waals surface area contributed by atoms with Gasteiger partial charge in [0.15, 0.2) is 0 Å². The first-order valence-electron chi connectivity index (χ1n) is 14.1. The number of aryl methyl sites for hydroxylation is 1. The smallest absolute Gasteiger partial charge is 0.245 e. The van der Waals surface area contributed by atoms with E-state index in [2.05, 4.69) is 21.7 Å². The van der Waals surface area contributed by atoms with E-state index in [0.717, 1.165) is 61.8 Å². The van der Waals surface area contributed by atoms with Gasteiger partial charge in [-0.25, -0.2) is 4.98 Å². The minimum Gasteiger partial charge on any atom is -0.343 e. The van der Waals surface area contributed by atoms with Crippen LogP contribution in [0.15, 0.2) is 42.6 Å². The molecule has 0 bridgehead atoms. The molecule has 202 valence electrons. The van der Waals surface area contributed by atoms with Gasteiger partial charge in [0.05, 0.1) is 17.8 Å². The fraction of sp³-hybridized carbons (Fsp3) is 0.533. The fourth-order valence-corrected chi connectivity index (χ4v) is 6.26. The number of hydrogen-bond donors (Lipinski definition) is 2. The molecule has 8 nitrogen and oxygen atoms in total. The Morgan fingerprint density at radius 3 is 2.61 bits per heavy atom. The molecule has 1 aliphatic carbocycles. The second kappa shape index (κ2) is 11.6. The van der Waals surface area contributed by atoms with E-state index in [-0.39, 0.29) is 35.7 Å². The Kier molecular flexibility index (Phi) is 8.07. The maximum Gasteiger partial charge on any atom is 0.245 e. The molecule has 1 aromatic carbocycles. The number of anilines is 2. The van der Waals surface area contributed by atoms with Gasteiger partial charge in [-0.3, -0.25) is 19.3 Å². The molecule has 5 rings (SSSR count). The van der Waals surface area contributed by atoms with E-state index < -0.39 is 6.04 Å². The molecule has 3 amide bonds. The first-order valence-corrected chi connectivity index (χ1v) is 14.1. The van der Waals surface area contributed by atoms with Crippen LogP contribution in [0.5, 0.6) is 0 Å². The van der Waals surface area contributed by atoms with Crippen LogP contribution >= 0.6 is 0 Å². The van der Waals surface area contributed by atoms with Gasteiger partial charge in [-0.2, -0.15) is 0 Å². The number of likely N-dealkylation sites (tertiary alicyclic amines) is 1. The third-order valence-corrected chi connectivity index (χ3v) is 8.52. The second-order valence-corrected chi connectivity index (χ2v) is 10.9. The van der Waals surface area contributed by atoms with Crippen LogP contribution in [0, 0.1) is 5.92 Å². The summed E-state index contributed by atoms with van der Waals surface area (Å²) in [6, 6.07) is 10.9. The first-order chi connectivity index (χ1) is 18.5. The zero-order chi connectivity index (χ0) is 26.6. The molecular weight excluding hydrogens is 478 g/mol. The van der Waals surface area contributed by atoms with Crippen molar-refractivity contribution in [2.75, 3.05) is 18.5 Å². The highest BCUT2D eigenvalue weighted by Crippen LogP contribution is 2.38. The Morgan fingerprint density at radius 2 is 1.82 bits per heavy atom. The Labute approximate surface area is 225 Å². The van der Waals surface area contributed by atoms with Gasteiger partial charge in [0.25, 0.3) is 0 Å². The topological polar surface area (TPSA) is 94.6 Å². The van der Waals surface area contributed by atoms with E-state index in [1.54, 1.807) is 18.1 Å². The zero-order valence-corrected chi connectivity index (χ0v) is 22.5. The monoisotopic (exact) mass is 517 g/mol. The number of pyridine rings is 1. The predicted octanol–water partition coefficient (Wildman–Crippen LogP) is 4.03. The number of carbonyl (C=O) groups excluding carboxylic acids is 3. The highest BCUT2D eigenvalue weighted by Gasteiger charge is 2.39. The van der Waals surface area contributed by atoms with Crippen molar-refractivity contribution >= 4 is 29.2 Å². The maximum atomic E-state index is 14.1. The van der Waals surface area contributed by atoms with Gasteiger partial charge in [0.1, 0.15) is 11.9 Å². The SMILES string of the molecule is CN[C@@H](C)C(=O)N[C@H](C(=O)N1CCC[C@H]1c1ccnc(N2C(=O)CCc3ccccc32)c1)C1CCCCC1. The van der Waals surface area contributed by atoms with Gasteiger partial charge >= 0.3 is 0 Å². The molecule has 3 aliphatic rings. The third-order valence-electron chi connectivity index (χ3n) is 8.52. The number of aromatic nitrogens is 1. The third kappa shape index (κ3) is 5.32. The largest absolute Gasteiger partial charge is 0.343 e. The summed E-state index contributed by atoms with van der Waals surface area (Å²) < 4.78 is 0. The Balaban J connectivity index is 1.41. The van der Waals surface area contributed by atoms with Gasteiger partial charge in [-0.05, 0) is 81.3 Å². The number of rotatable bonds is 7. The molecule has 3 heterocycles. The molecule has 1 saturated heterocycles. The van der Waals surface area contributed by atoms with Crippen LogP contribution in [0.25, 0.3) is 0 Å². The predicted molar refractivity (Wildman–Crippen MR) is 147 cm³/mol. The fourth-order valence-electron chi connectivity index (χ4n) is 6.26. The summed E-state index contributed by atoms with van der Waals surface area (Å²) in [5, 5.41) is 6.10. The van der Waals surface area contributed by atoms with Crippen LogP contribution in [-0.4, -0.2) is 53.3 Å². The lowest BCUT2D eigenvalue weighted by Crippen LogP contribution is -2.55. The molecule has 8 heteroatoms. The highest BCUT2D eigenvalue weighted by atomic mass is 16.2. The summed E-state index contributed by atoms with van der Waals surface area (Å²) in [6.45, 7) is 2.47. The Hall–Kier alpha value is -3.26. The molecule has 0 radical (unpaired) electrons. The zero-order valence-electron chi connectivity index (χ0n) is 22.5. The molecule has 3 atom stereocenters. The summed E-state index contributed by atoms with van der Waals surface area (Å²) in [6.07, 6.45) is 9.95. The number of hydrogen-bond acceptors (Lipinski definition) is 5. The molecule has 2 fully saturated rings. The van der Waals surface area contributed by atoms with Crippen molar-refractivity contribution in [3.63, 3.8) is 0 Å². The van der Waals surface area contributed by atoms with Crippen molar-refractivity contribution in [2.45, 2.75) is 82.8 Å². The highest BCUT2D eigenvalue weighted by molar-refractivity contribution is 6.02. The standard InChI is InChI=1S/C30H39N5O3/c1-20(31-2)29(37)33-28(22-10-4-3-5-11-22)30(38)34-18-8-13-24(34)23-16-17-32-26(19-23)35-25-12-7-6-9-21(25)14-15-27(35)36/h6-7,9,12,16-17,19-20,22,24,28,31H,3-5,8,10-11,13-15,18H2,1-2H3,(H,33,37)/t20-,24-,28-/m0/s1. The number of fused-ring (bicyclic) bond motifs is 1. The molecule has 1 saturated carbocycles. The van der Waals surface area contributed by atoms with Crippen molar-refractivity contribution in [3.05, 3.63) is 53.7 Å². The van der Waals surface area contributed by atoms with Crippen LogP contribution < -0.4 is 15.5 Å². The summed E-state index contributed by atoms with van der Waals surface area (Å²) in [7, 11) is 1.75. The molecule has 0 spiro atoms. The molecule has 1 aromatic heterocycles. The van der Waals surface area contributed by atoms with Crippen LogP contribution in [0.1, 0.15) is 75.5 Å². The van der Waals surface area contributed by atoms with Gasteiger partial charge in [-0.15, -0.1) is 0 Å². The van der Waals surface area contributed by atoms with Crippen molar-refractivity contribution in [2.24, 2.45) is 5.92 Å². The van der Waals surface area contributed by atoms with Crippen molar-refractivity contribution in [1.82, 2.24) is 20.5 Å². The second-order valence-electron chi connectivity index (χ2n) is 10.9. The number of nitrogens with zero attached hydrogens (tertiary/aromatic N) is 3. The quantitative estimate of drug-likeness (QED) is 0.578. The van der Waals surface area contributed by atoms with Gasteiger partial charge in [-0.1, -0.05) is 37.5 Å². The summed E-state index contributed by atoms with van der Waals surface area (Å²) in [5.74, 6) is 0.654. The van der Waals surface area contributed by atoms with Gasteiger partial charge < -0.3 is 15.5 Å². The average Bonchev–Trinajstić information content (AvgIpc) is 3.45. The van der Waals surface area contributed by atoms with Gasteiger partial charge in [0.2, 0.25) is 17.7 Å². The van der Waals surface area contributed by atoms with E-state index in [9.17, 15) is 14.4 Å². The average molecular weight is 518 g/mol. The van der Waals surface area contributed by atoms with Crippen molar-refractivity contribution < 1.29 is 14.4 Å². The number of nitrogens with one attached hydrogen (secondary N) is 2. The Bertz CT molecular complexity index is 1180. The number of para-hydroxylation sites is 1. The molecular formula is C30H39N5O3.